The molecule has 2 aromatic carbocycles. The van der Waals surface area contributed by atoms with Gasteiger partial charge in [0.2, 0.25) is 0 Å². The molecule has 0 aliphatic carbocycles. The van der Waals surface area contributed by atoms with Gasteiger partial charge in [-0.15, -0.1) is 0 Å². The van der Waals surface area contributed by atoms with Crippen LogP contribution in [0.2, 0.25) is 0 Å². The first-order valence-electron chi connectivity index (χ1n) is 9.94. The number of halogens is 1. The number of quaternary nitrogens is 1. The number of carboxylic acids is 1. The maximum atomic E-state index is 13.2. The molecule has 6 heteroatoms. The van der Waals surface area contributed by atoms with Crippen molar-refractivity contribution in [3.05, 3.63) is 71.5 Å². The number of hydrogen-bond donors (Lipinski definition) is 1. The minimum atomic E-state index is -0.969. The van der Waals surface area contributed by atoms with Crippen LogP contribution in [0.25, 0.3) is 0 Å². The first-order chi connectivity index (χ1) is 13.9. The third-order valence-electron chi connectivity index (χ3n) is 5.93. The SMILES string of the molecule is CCOC(=O)[N+]1(Cc2ccccc2)CCC(Cc2ccc(F)cc2)(C(=O)O)CC1. The number of rotatable bonds is 6. The number of hydrogen-bond acceptors (Lipinski definition) is 3. The topological polar surface area (TPSA) is 63.6 Å². The van der Waals surface area contributed by atoms with Crippen LogP contribution in [-0.2, 0) is 22.5 Å². The number of amides is 1. The van der Waals surface area contributed by atoms with E-state index >= 15 is 0 Å². The molecule has 1 amide bonds. The largest absolute Gasteiger partial charge is 0.516 e. The molecule has 5 nitrogen and oxygen atoms in total. The van der Waals surface area contributed by atoms with Crippen LogP contribution in [0.4, 0.5) is 9.18 Å². The zero-order valence-electron chi connectivity index (χ0n) is 16.6. The molecular formula is C23H27FNO4+. The fourth-order valence-corrected chi connectivity index (χ4v) is 4.15. The highest BCUT2D eigenvalue weighted by Crippen LogP contribution is 2.39. The molecule has 29 heavy (non-hydrogen) atoms. The molecule has 0 bridgehead atoms. The van der Waals surface area contributed by atoms with Crippen molar-refractivity contribution in [3.8, 4) is 0 Å². The van der Waals surface area contributed by atoms with E-state index in [0.717, 1.165) is 11.1 Å². The van der Waals surface area contributed by atoms with Gasteiger partial charge in [-0.25, -0.2) is 8.87 Å². The molecule has 0 spiro atoms. The molecule has 1 heterocycles. The van der Waals surface area contributed by atoms with Crippen molar-refractivity contribution in [3.63, 3.8) is 0 Å². The Balaban J connectivity index is 1.83. The normalized spacial score (nSPS) is 24.1. The van der Waals surface area contributed by atoms with Gasteiger partial charge in [-0.05, 0) is 31.0 Å². The fraction of sp³-hybridized carbons (Fsp3) is 0.391. The number of benzene rings is 2. The average molecular weight is 400 g/mol. The van der Waals surface area contributed by atoms with Gasteiger partial charge in [-0.3, -0.25) is 4.79 Å². The van der Waals surface area contributed by atoms with E-state index in [1.54, 1.807) is 19.1 Å². The first kappa shape index (κ1) is 21.0. The van der Waals surface area contributed by atoms with Crippen molar-refractivity contribution in [2.24, 2.45) is 5.41 Å². The number of carbonyl (C=O) groups is 2. The summed E-state index contributed by atoms with van der Waals surface area (Å²) in [7, 11) is 0. The summed E-state index contributed by atoms with van der Waals surface area (Å²) in [5, 5.41) is 10.0. The summed E-state index contributed by atoms with van der Waals surface area (Å²) in [5.74, 6) is -1.22. The highest BCUT2D eigenvalue weighted by Gasteiger charge is 2.51. The molecule has 154 valence electrons. The molecule has 0 atom stereocenters. The van der Waals surface area contributed by atoms with Crippen molar-refractivity contribution < 1.29 is 28.3 Å². The Morgan fingerprint density at radius 3 is 2.21 bits per heavy atom. The zero-order valence-corrected chi connectivity index (χ0v) is 16.6. The second-order valence-electron chi connectivity index (χ2n) is 7.82. The van der Waals surface area contributed by atoms with Gasteiger partial charge in [-0.2, -0.15) is 4.79 Å². The van der Waals surface area contributed by atoms with E-state index < -0.39 is 11.4 Å². The van der Waals surface area contributed by atoms with Crippen LogP contribution in [0.5, 0.6) is 0 Å². The molecule has 0 radical (unpaired) electrons. The third kappa shape index (κ3) is 4.65. The Kier molecular flexibility index (Phi) is 6.33. The molecular weight excluding hydrogens is 373 g/mol. The number of ether oxygens (including phenoxy) is 1. The van der Waals surface area contributed by atoms with Crippen LogP contribution in [0.15, 0.2) is 54.6 Å². The Bertz CT molecular complexity index is 843. The van der Waals surface area contributed by atoms with Crippen molar-refractivity contribution in [2.45, 2.75) is 32.7 Å². The van der Waals surface area contributed by atoms with Gasteiger partial charge < -0.3 is 9.84 Å². The highest BCUT2D eigenvalue weighted by molar-refractivity contribution is 5.75. The molecule has 1 fully saturated rings. The van der Waals surface area contributed by atoms with Crippen molar-refractivity contribution in [1.82, 2.24) is 0 Å². The van der Waals surface area contributed by atoms with Gasteiger partial charge in [0, 0.05) is 18.4 Å². The number of piperidine rings is 1. The van der Waals surface area contributed by atoms with E-state index in [0.29, 0.717) is 38.9 Å². The van der Waals surface area contributed by atoms with Crippen LogP contribution >= 0.6 is 0 Å². The Labute approximate surface area is 170 Å². The lowest BCUT2D eigenvalue weighted by Gasteiger charge is -2.44. The second kappa shape index (κ2) is 8.74. The van der Waals surface area contributed by atoms with E-state index in [-0.39, 0.29) is 23.0 Å². The molecule has 0 saturated carbocycles. The van der Waals surface area contributed by atoms with Gasteiger partial charge in [0.25, 0.3) is 0 Å². The zero-order chi connectivity index (χ0) is 20.9. The monoisotopic (exact) mass is 400 g/mol. The molecule has 1 aliphatic heterocycles. The minimum Gasteiger partial charge on any atom is -0.481 e. The maximum Gasteiger partial charge on any atom is 0.516 e. The Morgan fingerprint density at radius 2 is 1.66 bits per heavy atom. The van der Waals surface area contributed by atoms with E-state index in [1.807, 2.05) is 30.3 Å². The number of nitrogens with zero attached hydrogens (tertiary/aromatic N) is 1. The van der Waals surface area contributed by atoms with Crippen molar-refractivity contribution >= 4 is 12.1 Å². The van der Waals surface area contributed by atoms with Crippen LogP contribution in [0.3, 0.4) is 0 Å². The van der Waals surface area contributed by atoms with E-state index in [2.05, 4.69) is 0 Å². The predicted octanol–water partition coefficient (Wildman–Crippen LogP) is 4.41. The summed E-state index contributed by atoms with van der Waals surface area (Å²) < 4.78 is 18.7. The van der Waals surface area contributed by atoms with Gasteiger partial charge >= 0.3 is 12.1 Å². The summed E-state index contributed by atoms with van der Waals surface area (Å²) in [6.45, 7) is 3.32. The number of likely N-dealkylation sites (tertiary alicyclic amines) is 1. The van der Waals surface area contributed by atoms with Crippen LogP contribution in [0, 0.1) is 11.2 Å². The van der Waals surface area contributed by atoms with E-state index in [1.165, 1.54) is 12.1 Å². The lowest BCUT2D eigenvalue weighted by molar-refractivity contribution is -0.878. The van der Waals surface area contributed by atoms with Crippen molar-refractivity contribution in [1.29, 1.82) is 0 Å². The number of aliphatic carboxylic acids is 1. The standard InChI is InChI=1S/C23H26FNO4/c1-2-29-22(28)25(17-19-6-4-3-5-7-19)14-12-23(13-15-25,21(26)27)16-18-8-10-20(24)11-9-18/h3-11H,2,12-17H2,1H3/p+1. The fourth-order valence-electron chi connectivity index (χ4n) is 4.15. The second-order valence-corrected chi connectivity index (χ2v) is 7.82. The number of carbonyl (C=O) groups excluding carboxylic acids is 1. The minimum absolute atomic E-state index is 0.0936. The van der Waals surface area contributed by atoms with E-state index in [9.17, 15) is 19.1 Å². The van der Waals surface area contributed by atoms with Gasteiger partial charge in [0.15, 0.2) is 0 Å². The van der Waals surface area contributed by atoms with Crippen molar-refractivity contribution in [2.75, 3.05) is 19.7 Å². The summed E-state index contributed by atoms with van der Waals surface area (Å²) in [4.78, 5) is 25.1. The molecule has 1 N–H and O–H groups in total. The lowest BCUT2D eigenvalue weighted by Crippen LogP contribution is -2.60. The molecule has 2 aromatic rings. The lowest BCUT2D eigenvalue weighted by atomic mass is 9.73. The van der Waals surface area contributed by atoms with Gasteiger partial charge in [0.1, 0.15) is 12.4 Å². The smallest absolute Gasteiger partial charge is 0.481 e. The highest BCUT2D eigenvalue weighted by atomic mass is 19.1. The molecule has 0 aromatic heterocycles. The van der Waals surface area contributed by atoms with Crippen LogP contribution in [-0.4, -0.2) is 41.3 Å². The van der Waals surface area contributed by atoms with E-state index in [4.69, 9.17) is 4.74 Å². The molecule has 1 aliphatic rings. The molecule has 1 saturated heterocycles. The predicted molar refractivity (Wildman–Crippen MR) is 107 cm³/mol. The molecule has 3 rings (SSSR count). The average Bonchev–Trinajstić information content (AvgIpc) is 2.72. The maximum absolute atomic E-state index is 13.2. The molecule has 0 unspecified atom stereocenters. The summed E-state index contributed by atoms with van der Waals surface area (Å²) in [6, 6.07) is 15.7. The third-order valence-corrected chi connectivity index (χ3v) is 5.93. The first-order valence-corrected chi connectivity index (χ1v) is 9.94. The summed E-state index contributed by atoms with van der Waals surface area (Å²) in [5.41, 5.74) is 0.831. The van der Waals surface area contributed by atoms with Crippen LogP contribution in [0.1, 0.15) is 30.9 Å². The number of carboxylic acid groups (broad SMARTS) is 1. The van der Waals surface area contributed by atoms with Gasteiger partial charge in [0.05, 0.1) is 25.1 Å². The van der Waals surface area contributed by atoms with Gasteiger partial charge in [-0.1, -0.05) is 42.5 Å². The Hall–Kier alpha value is -2.73. The summed E-state index contributed by atoms with van der Waals surface area (Å²) in [6.07, 6.45) is 0.713. The summed E-state index contributed by atoms with van der Waals surface area (Å²) >= 11 is 0. The Morgan fingerprint density at radius 1 is 1.03 bits per heavy atom. The van der Waals surface area contributed by atoms with Crippen LogP contribution < -0.4 is 0 Å². The quantitative estimate of drug-likeness (QED) is 0.730.